The molecule has 0 aromatic heterocycles. The van der Waals surface area contributed by atoms with Crippen LogP contribution in [0.5, 0.6) is 0 Å². The second-order valence-corrected chi connectivity index (χ2v) is 0. The van der Waals surface area contributed by atoms with Crippen molar-refractivity contribution in [2.24, 2.45) is 0 Å². The van der Waals surface area contributed by atoms with E-state index in [1.165, 1.54) is 0 Å². The molecule has 0 bridgehead atoms. The quantitative estimate of drug-likeness (QED) is 0.319. The van der Waals surface area contributed by atoms with Gasteiger partial charge in [0.15, 0.2) is 10.5 Å². The maximum absolute atomic E-state index is 8.39. The minimum absolute atomic E-state index is 0.0556. The molecule has 0 unspecified atom stereocenters. The van der Waals surface area contributed by atoms with Crippen molar-refractivity contribution in [3.8, 4) is 0 Å². The zero-order valence-corrected chi connectivity index (χ0v) is 6.86. The van der Waals surface area contributed by atoms with Crippen molar-refractivity contribution in [3.05, 3.63) is 0 Å². The highest BCUT2D eigenvalue weighted by Crippen LogP contribution is 0.759. The molecule has 4 heteroatoms. The van der Waals surface area contributed by atoms with Gasteiger partial charge in [-0.3, -0.25) is 0 Å². The van der Waals surface area contributed by atoms with Crippen molar-refractivity contribution >= 4 is 21.0 Å². The van der Waals surface area contributed by atoms with E-state index in [-0.39, 0.29) is 10.5 Å². The average Bonchev–Trinajstić information content (AvgIpc) is 1.50. The zero-order valence-electron chi connectivity index (χ0n) is 2.86. The standard InChI is InChI=1S/H4OSi.H3OSi/c2*1-2/h1H,2H3;2H3. The SMILES string of the molecule is O[SiH3].[O][SiH3]. The Hall–Kier alpha value is 0.354. The van der Waals surface area contributed by atoms with Crippen LogP contribution in [-0.2, 0) is 4.80 Å². The van der Waals surface area contributed by atoms with Crippen LogP contribution in [0.15, 0.2) is 0 Å². The van der Waals surface area contributed by atoms with Crippen LogP contribution in [0.2, 0.25) is 0 Å². The van der Waals surface area contributed by atoms with Crippen LogP contribution < -0.4 is 0 Å². The first kappa shape index (κ1) is 8.84. The predicted octanol–water partition coefficient (Wildman–Crippen LogP) is -3.04. The molecular weight excluding hydrogens is 88.2 g/mol. The van der Waals surface area contributed by atoms with Gasteiger partial charge >= 0.3 is 0 Å². The Morgan fingerprint density at radius 3 is 1.25 bits per heavy atom. The van der Waals surface area contributed by atoms with Crippen molar-refractivity contribution < 1.29 is 9.59 Å². The second kappa shape index (κ2) is 148. The van der Waals surface area contributed by atoms with Gasteiger partial charge in [0.05, 0.1) is 0 Å². The summed E-state index contributed by atoms with van der Waals surface area (Å²) in [7, 11) is 0.361. The largest absolute Gasteiger partial charge is 0.442 e. The molecule has 0 saturated heterocycles. The summed E-state index contributed by atoms with van der Waals surface area (Å²) < 4.78 is 0. The molecule has 2 nitrogen and oxygen atoms in total. The van der Waals surface area contributed by atoms with Gasteiger partial charge in [0.2, 0.25) is 0 Å². The van der Waals surface area contributed by atoms with E-state index < -0.39 is 0 Å². The lowest BCUT2D eigenvalue weighted by molar-refractivity contribution is 0.496. The molecule has 0 fully saturated rings. The molecule has 0 atom stereocenters. The normalized spacial score (nSPS) is 4.50. The molecule has 0 spiro atoms. The van der Waals surface area contributed by atoms with Crippen molar-refractivity contribution in [1.29, 1.82) is 0 Å². The summed E-state index contributed by atoms with van der Waals surface area (Å²) in [6, 6.07) is 0. The minimum atomic E-state index is 0.0556. The van der Waals surface area contributed by atoms with E-state index >= 15 is 0 Å². The van der Waals surface area contributed by atoms with E-state index in [0.717, 1.165) is 0 Å². The van der Waals surface area contributed by atoms with Gasteiger partial charge in [-0.15, -0.1) is 0 Å². The molecule has 0 aliphatic carbocycles. The van der Waals surface area contributed by atoms with Gasteiger partial charge in [0, 0.05) is 0 Å². The molecule has 0 aliphatic rings. The van der Waals surface area contributed by atoms with Gasteiger partial charge in [-0.25, -0.2) is 0 Å². The number of hydrogen-bond donors (Lipinski definition) is 1. The topological polar surface area (TPSA) is 40.1 Å². The van der Waals surface area contributed by atoms with Gasteiger partial charge in [-0.2, -0.15) is 0 Å². The van der Waals surface area contributed by atoms with Gasteiger partial charge in [-0.1, -0.05) is 0 Å². The van der Waals surface area contributed by atoms with Crippen LogP contribution in [-0.4, -0.2) is 25.8 Å². The third-order valence-corrected chi connectivity index (χ3v) is 0. The van der Waals surface area contributed by atoms with Gasteiger partial charge < -0.3 is 9.59 Å². The van der Waals surface area contributed by atoms with Crippen LogP contribution in [0.1, 0.15) is 0 Å². The van der Waals surface area contributed by atoms with Gasteiger partial charge in [-0.05, 0) is 0 Å². The zero-order chi connectivity index (χ0) is 4.00. The molecule has 27 valence electrons. The van der Waals surface area contributed by atoms with E-state index in [4.69, 9.17) is 9.59 Å². The van der Waals surface area contributed by atoms with E-state index in [1.54, 1.807) is 0 Å². The molecule has 4 heavy (non-hydrogen) atoms. The summed E-state index contributed by atoms with van der Waals surface area (Å²) >= 11 is 0. The van der Waals surface area contributed by atoms with Crippen molar-refractivity contribution in [3.63, 3.8) is 0 Å². The second-order valence-electron chi connectivity index (χ2n) is 0. The molecule has 0 rings (SSSR count). The van der Waals surface area contributed by atoms with Gasteiger partial charge in [0.1, 0.15) is 10.5 Å². The van der Waals surface area contributed by atoms with Crippen molar-refractivity contribution in [2.75, 3.05) is 0 Å². The Bertz CT molecular complexity index is 4.00. The first-order valence-electron chi connectivity index (χ1n) is 0.855. The highest BCUT2D eigenvalue weighted by molar-refractivity contribution is 5.95. The summed E-state index contributed by atoms with van der Waals surface area (Å²) in [5, 5.41) is 0. The van der Waals surface area contributed by atoms with Crippen LogP contribution in [0.3, 0.4) is 0 Å². The van der Waals surface area contributed by atoms with Crippen LogP contribution in [0.4, 0.5) is 0 Å². The monoisotopic (exact) mass is 95.0 g/mol. The molecule has 0 aromatic rings. The Balaban J connectivity index is 0. The summed E-state index contributed by atoms with van der Waals surface area (Å²) in [5.74, 6) is 0. The highest BCUT2D eigenvalue weighted by atomic mass is 28.2. The van der Waals surface area contributed by atoms with Gasteiger partial charge in [0.25, 0.3) is 0 Å². The molecule has 0 heterocycles. The third-order valence-electron chi connectivity index (χ3n) is 0. The summed E-state index contributed by atoms with van der Waals surface area (Å²) in [5.41, 5.74) is 0. The molecule has 1 N–H and O–H groups in total. The van der Waals surface area contributed by atoms with E-state index in [0.29, 0.717) is 10.5 Å². The average molecular weight is 95.2 g/mol. The molecule has 1 radical (unpaired) electrons. The lowest BCUT2D eigenvalue weighted by Crippen LogP contribution is -1.34. The van der Waals surface area contributed by atoms with Crippen LogP contribution >= 0.6 is 0 Å². The van der Waals surface area contributed by atoms with E-state index in [2.05, 4.69) is 0 Å². The van der Waals surface area contributed by atoms with E-state index in [9.17, 15) is 0 Å². The molecule has 0 amide bonds. The summed E-state index contributed by atoms with van der Waals surface area (Å²) in [6.07, 6.45) is 0. The predicted molar refractivity (Wildman–Crippen MR) is 22.8 cm³/mol. The third kappa shape index (κ3) is 34.5. The van der Waals surface area contributed by atoms with E-state index in [1.807, 2.05) is 0 Å². The fraction of sp³-hybridized carbons (Fsp3) is 0. The molecule has 0 aromatic carbocycles. The first-order valence-corrected chi connectivity index (χ1v) is 2.57. The Morgan fingerprint density at radius 1 is 1.25 bits per heavy atom. The molecular formula is H7O2Si2. The molecule has 0 saturated carbocycles. The number of hydrogen-bond acceptors (Lipinski definition) is 1. The maximum atomic E-state index is 8.39. The summed E-state index contributed by atoms with van der Waals surface area (Å²) in [4.78, 5) is 15.5. The van der Waals surface area contributed by atoms with Crippen molar-refractivity contribution in [1.82, 2.24) is 0 Å². The maximum Gasteiger partial charge on any atom is 0.191 e. The van der Waals surface area contributed by atoms with Crippen LogP contribution in [0, 0.1) is 0 Å². The molecule has 0 aliphatic heterocycles. The first-order chi connectivity index (χ1) is 2.00. The minimum Gasteiger partial charge on any atom is -0.442 e. The Labute approximate surface area is 31.6 Å². The van der Waals surface area contributed by atoms with Crippen LogP contribution in [0.25, 0.3) is 0 Å². The Kier molecular flexibility index (Phi) is 328. The van der Waals surface area contributed by atoms with Crippen molar-refractivity contribution in [2.45, 2.75) is 0 Å². The summed E-state index contributed by atoms with van der Waals surface area (Å²) in [6.45, 7) is 0. The smallest absolute Gasteiger partial charge is 0.191 e. The fourth-order valence-electron chi connectivity index (χ4n) is 0. The Morgan fingerprint density at radius 2 is 1.25 bits per heavy atom. The lowest BCUT2D eigenvalue weighted by atomic mass is 15.9. The number of rotatable bonds is 0. The highest BCUT2D eigenvalue weighted by Gasteiger charge is 0.971. The fourth-order valence-corrected chi connectivity index (χ4v) is 0. The lowest BCUT2D eigenvalue weighted by Gasteiger charge is -1.19.